The van der Waals surface area contributed by atoms with Crippen molar-refractivity contribution in [3.8, 4) is 0 Å². The molecular weight excluding hydrogens is 192 g/mol. The van der Waals surface area contributed by atoms with Crippen LogP contribution in [0.5, 0.6) is 0 Å². The van der Waals surface area contributed by atoms with E-state index >= 15 is 0 Å². The summed E-state index contributed by atoms with van der Waals surface area (Å²) < 4.78 is 11.0. The minimum absolute atomic E-state index is 0.131. The van der Waals surface area contributed by atoms with Crippen LogP contribution in [-0.2, 0) is 14.3 Å². The van der Waals surface area contributed by atoms with Crippen molar-refractivity contribution in [2.24, 2.45) is 0 Å². The summed E-state index contributed by atoms with van der Waals surface area (Å²) in [5.74, 6) is -0.131. The Labute approximate surface area is 91.1 Å². The van der Waals surface area contributed by atoms with Crippen molar-refractivity contribution in [3.05, 3.63) is 0 Å². The number of hydrogen-bond donors (Lipinski definition) is 0. The van der Waals surface area contributed by atoms with E-state index in [0.717, 1.165) is 25.7 Å². The lowest BCUT2D eigenvalue weighted by Crippen LogP contribution is -2.34. The molecule has 1 spiro atoms. The third kappa shape index (κ3) is 1.48. The summed E-state index contributed by atoms with van der Waals surface area (Å²) in [6.45, 7) is 4.39. The highest BCUT2D eigenvalue weighted by Crippen LogP contribution is 2.60. The maximum absolute atomic E-state index is 11.9. The third-order valence-corrected chi connectivity index (χ3v) is 3.68. The van der Waals surface area contributed by atoms with E-state index in [-0.39, 0.29) is 11.6 Å². The van der Waals surface area contributed by atoms with E-state index in [9.17, 15) is 4.79 Å². The van der Waals surface area contributed by atoms with E-state index in [0.29, 0.717) is 6.61 Å². The molecule has 1 aliphatic heterocycles. The first-order chi connectivity index (χ1) is 7.21. The monoisotopic (exact) mass is 212 g/mol. The van der Waals surface area contributed by atoms with Gasteiger partial charge in [0.15, 0.2) is 5.60 Å². The molecule has 3 heteroatoms. The fourth-order valence-electron chi connectivity index (χ4n) is 2.97. The maximum atomic E-state index is 11.9. The second-order valence-electron chi connectivity index (χ2n) is 4.60. The number of ether oxygens (including phenoxy) is 2. The lowest BCUT2D eigenvalue weighted by atomic mass is 9.87. The Morgan fingerprint density at radius 2 is 2.00 bits per heavy atom. The molecule has 1 saturated heterocycles. The van der Waals surface area contributed by atoms with Crippen LogP contribution < -0.4 is 0 Å². The Morgan fingerprint density at radius 3 is 2.53 bits per heavy atom. The van der Waals surface area contributed by atoms with Gasteiger partial charge in [0.25, 0.3) is 0 Å². The number of esters is 1. The third-order valence-electron chi connectivity index (χ3n) is 3.68. The molecule has 0 aromatic rings. The molecule has 1 saturated carbocycles. The number of carbonyl (C=O) groups is 1. The predicted octanol–water partition coefficient (Wildman–Crippen LogP) is 2.43. The van der Waals surface area contributed by atoms with Gasteiger partial charge >= 0.3 is 5.97 Å². The average molecular weight is 212 g/mol. The molecule has 0 aromatic heterocycles. The van der Waals surface area contributed by atoms with Crippen molar-refractivity contribution in [2.75, 3.05) is 6.61 Å². The molecule has 2 fully saturated rings. The smallest absolute Gasteiger partial charge is 0.341 e. The predicted molar refractivity (Wildman–Crippen MR) is 56.6 cm³/mol. The van der Waals surface area contributed by atoms with Crippen molar-refractivity contribution in [3.63, 3.8) is 0 Å². The zero-order chi connectivity index (χ0) is 10.9. The molecule has 3 nitrogen and oxygen atoms in total. The van der Waals surface area contributed by atoms with Crippen molar-refractivity contribution < 1.29 is 14.3 Å². The topological polar surface area (TPSA) is 38.8 Å². The summed E-state index contributed by atoms with van der Waals surface area (Å²) in [7, 11) is 0. The van der Waals surface area contributed by atoms with Gasteiger partial charge in [0.05, 0.1) is 6.61 Å². The largest absolute Gasteiger partial charge is 0.464 e. The van der Waals surface area contributed by atoms with Gasteiger partial charge < -0.3 is 9.47 Å². The highest BCUT2D eigenvalue weighted by atomic mass is 16.7. The zero-order valence-electron chi connectivity index (χ0n) is 9.67. The summed E-state index contributed by atoms with van der Waals surface area (Å²) in [4.78, 5) is 11.9. The van der Waals surface area contributed by atoms with Crippen LogP contribution in [0.25, 0.3) is 0 Å². The summed E-state index contributed by atoms with van der Waals surface area (Å²) >= 11 is 0. The number of hydrogen-bond acceptors (Lipinski definition) is 3. The molecule has 0 radical (unpaired) electrons. The maximum Gasteiger partial charge on any atom is 0.341 e. The number of rotatable bonds is 4. The van der Waals surface area contributed by atoms with Gasteiger partial charge in [-0.1, -0.05) is 26.2 Å². The van der Waals surface area contributed by atoms with Crippen LogP contribution in [0.2, 0.25) is 0 Å². The van der Waals surface area contributed by atoms with Crippen LogP contribution in [0.3, 0.4) is 0 Å². The van der Waals surface area contributed by atoms with Gasteiger partial charge in [0.1, 0.15) is 5.60 Å². The van der Waals surface area contributed by atoms with Crippen LogP contribution in [0, 0.1) is 0 Å². The molecule has 0 bridgehead atoms. The fourth-order valence-corrected chi connectivity index (χ4v) is 2.97. The highest BCUT2D eigenvalue weighted by molar-refractivity contribution is 5.85. The van der Waals surface area contributed by atoms with Crippen molar-refractivity contribution in [1.82, 2.24) is 0 Å². The molecule has 2 rings (SSSR count). The van der Waals surface area contributed by atoms with E-state index < -0.39 is 5.60 Å². The minimum atomic E-state index is -0.575. The fraction of sp³-hybridized carbons (Fsp3) is 0.917. The summed E-state index contributed by atoms with van der Waals surface area (Å²) in [5.41, 5.74) is -0.719. The van der Waals surface area contributed by atoms with Gasteiger partial charge in [0, 0.05) is 0 Å². The van der Waals surface area contributed by atoms with Gasteiger partial charge in [0.2, 0.25) is 0 Å². The van der Waals surface area contributed by atoms with Gasteiger partial charge in [-0.15, -0.1) is 0 Å². The molecule has 1 heterocycles. The highest BCUT2D eigenvalue weighted by Gasteiger charge is 2.74. The summed E-state index contributed by atoms with van der Waals surface area (Å²) in [6.07, 6.45) is 6.22. The molecule has 1 atom stereocenters. The molecule has 1 unspecified atom stereocenters. The van der Waals surface area contributed by atoms with E-state index in [1.165, 1.54) is 12.8 Å². The molecule has 15 heavy (non-hydrogen) atoms. The van der Waals surface area contributed by atoms with Crippen molar-refractivity contribution in [2.45, 2.75) is 63.6 Å². The van der Waals surface area contributed by atoms with Gasteiger partial charge in [-0.25, -0.2) is 4.79 Å². The Kier molecular flexibility index (Phi) is 2.75. The Morgan fingerprint density at radius 1 is 1.33 bits per heavy atom. The van der Waals surface area contributed by atoms with Gasteiger partial charge in [-0.2, -0.15) is 0 Å². The Balaban J connectivity index is 2.10. The summed E-state index contributed by atoms with van der Waals surface area (Å²) in [5, 5.41) is 0. The first kappa shape index (κ1) is 10.9. The zero-order valence-corrected chi connectivity index (χ0v) is 9.67. The van der Waals surface area contributed by atoms with Crippen LogP contribution in [0.4, 0.5) is 0 Å². The van der Waals surface area contributed by atoms with Crippen molar-refractivity contribution >= 4 is 5.97 Å². The molecule has 2 aliphatic rings. The van der Waals surface area contributed by atoms with Gasteiger partial charge in [-0.3, -0.25) is 0 Å². The Hall–Kier alpha value is -0.570. The van der Waals surface area contributed by atoms with E-state index in [4.69, 9.17) is 9.47 Å². The lowest BCUT2D eigenvalue weighted by molar-refractivity contribution is -0.149. The number of carbonyl (C=O) groups excluding carboxylic acids is 1. The van der Waals surface area contributed by atoms with Crippen LogP contribution >= 0.6 is 0 Å². The summed E-state index contributed by atoms with van der Waals surface area (Å²) in [6, 6.07) is 0. The van der Waals surface area contributed by atoms with E-state index in [2.05, 4.69) is 6.92 Å². The second kappa shape index (κ2) is 3.78. The quantitative estimate of drug-likeness (QED) is 0.530. The second-order valence-corrected chi connectivity index (χ2v) is 4.60. The standard InChI is InChI=1S/C12H20O3/c1-3-7-12(10(13)14-4-2)11(15-12)8-5-6-9-11/h3-9H2,1-2H3. The van der Waals surface area contributed by atoms with Crippen LogP contribution in [0.15, 0.2) is 0 Å². The van der Waals surface area contributed by atoms with Gasteiger partial charge in [-0.05, 0) is 26.2 Å². The minimum Gasteiger partial charge on any atom is -0.464 e. The number of epoxide rings is 1. The molecule has 1 aliphatic carbocycles. The molecule has 0 aromatic carbocycles. The molecule has 0 amide bonds. The first-order valence-corrected chi connectivity index (χ1v) is 6.08. The molecular formula is C12H20O3. The normalized spacial score (nSPS) is 31.9. The SMILES string of the molecule is CCCC1(C(=O)OCC)OC12CCCC2. The first-order valence-electron chi connectivity index (χ1n) is 6.08. The van der Waals surface area contributed by atoms with Crippen molar-refractivity contribution in [1.29, 1.82) is 0 Å². The van der Waals surface area contributed by atoms with Crippen LogP contribution in [0.1, 0.15) is 52.4 Å². The molecule has 0 N–H and O–H groups in total. The Bertz CT molecular complexity index is 256. The average Bonchev–Trinajstić information content (AvgIpc) is 2.58. The van der Waals surface area contributed by atoms with E-state index in [1.807, 2.05) is 6.92 Å². The molecule has 86 valence electrons. The van der Waals surface area contributed by atoms with E-state index in [1.54, 1.807) is 0 Å². The lowest BCUT2D eigenvalue weighted by Gasteiger charge is -2.14. The van der Waals surface area contributed by atoms with Crippen LogP contribution in [-0.4, -0.2) is 23.8 Å².